The van der Waals surface area contributed by atoms with E-state index in [0.29, 0.717) is 28.1 Å². The number of hydrogen-bond acceptors (Lipinski definition) is 6. The van der Waals surface area contributed by atoms with Crippen molar-refractivity contribution >= 4 is 34.7 Å². The highest BCUT2D eigenvalue weighted by Crippen LogP contribution is 2.30. The summed E-state index contributed by atoms with van der Waals surface area (Å²) in [5.41, 5.74) is 4.94. The molecule has 2 aromatic carbocycles. The Bertz CT molecular complexity index is 1590. The van der Waals surface area contributed by atoms with Crippen molar-refractivity contribution in [3.8, 4) is 16.9 Å². The van der Waals surface area contributed by atoms with Gasteiger partial charge in [0.1, 0.15) is 17.5 Å². The molecule has 0 saturated heterocycles. The minimum atomic E-state index is -0.608. The lowest BCUT2D eigenvalue weighted by Gasteiger charge is -2.08. The number of aromatic nitrogens is 5. The molecular weight excluding hydrogens is 470 g/mol. The summed E-state index contributed by atoms with van der Waals surface area (Å²) >= 11 is 0. The molecule has 10 nitrogen and oxygen atoms in total. The monoisotopic (exact) mass is 493 g/mol. The van der Waals surface area contributed by atoms with Crippen LogP contribution in [-0.4, -0.2) is 43.1 Å². The molecule has 5 rings (SSSR count). The van der Waals surface area contributed by atoms with Crippen LogP contribution < -0.4 is 10.6 Å². The smallest absolute Gasteiger partial charge is 0.413 e. The van der Waals surface area contributed by atoms with Gasteiger partial charge in [0.05, 0.1) is 17.8 Å². The molecule has 2 amide bonds. The Hall–Kier alpha value is -5.25. The fraction of sp³-hybridized carbons (Fsp3) is 0.0741. The number of benzene rings is 2. The van der Waals surface area contributed by atoms with Crippen molar-refractivity contribution in [3.05, 3.63) is 97.2 Å². The molecule has 3 aromatic heterocycles. The molecular formula is C27H23N7O3. The lowest BCUT2D eigenvalue weighted by molar-refractivity contribution is 0.0969. The minimum absolute atomic E-state index is 0.228. The molecule has 0 saturated carbocycles. The van der Waals surface area contributed by atoms with Gasteiger partial charge in [0.25, 0.3) is 5.91 Å². The van der Waals surface area contributed by atoms with E-state index in [1.165, 1.54) is 0 Å². The van der Waals surface area contributed by atoms with E-state index in [0.717, 1.165) is 11.1 Å². The number of carbonyl (C=O) groups excluding carboxylic acids is 2. The number of amides is 2. The Morgan fingerprint density at radius 1 is 1.08 bits per heavy atom. The molecule has 10 heteroatoms. The fourth-order valence-corrected chi connectivity index (χ4v) is 3.79. The van der Waals surface area contributed by atoms with E-state index in [1.807, 2.05) is 60.7 Å². The van der Waals surface area contributed by atoms with Gasteiger partial charge in [0.15, 0.2) is 0 Å². The van der Waals surface area contributed by atoms with Crippen molar-refractivity contribution in [3.63, 3.8) is 0 Å². The van der Waals surface area contributed by atoms with Crippen molar-refractivity contribution < 1.29 is 14.3 Å². The van der Waals surface area contributed by atoms with Gasteiger partial charge in [-0.3, -0.25) is 15.1 Å². The molecule has 3 heterocycles. The Labute approximate surface area is 212 Å². The number of carbonyl (C=O) groups is 2. The van der Waals surface area contributed by atoms with Crippen LogP contribution in [0.25, 0.3) is 33.7 Å². The maximum Gasteiger partial charge on any atom is 0.413 e. The van der Waals surface area contributed by atoms with Gasteiger partial charge >= 0.3 is 6.09 Å². The van der Waals surface area contributed by atoms with Crippen LogP contribution in [0.4, 0.5) is 10.7 Å². The number of aromatic amines is 1. The zero-order valence-electron chi connectivity index (χ0n) is 19.9. The predicted molar refractivity (Wildman–Crippen MR) is 140 cm³/mol. The first-order valence-electron chi connectivity index (χ1n) is 11.5. The summed E-state index contributed by atoms with van der Waals surface area (Å²) in [6.07, 6.45) is 4.27. The van der Waals surface area contributed by atoms with Gasteiger partial charge in [0, 0.05) is 29.3 Å². The van der Waals surface area contributed by atoms with Crippen LogP contribution in [0.5, 0.6) is 0 Å². The average molecular weight is 494 g/mol. The molecule has 184 valence electrons. The predicted octanol–water partition coefficient (Wildman–Crippen LogP) is 4.78. The number of anilines is 1. The fourth-order valence-electron chi connectivity index (χ4n) is 3.79. The number of rotatable bonds is 7. The van der Waals surface area contributed by atoms with Gasteiger partial charge in [-0.25, -0.2) is 14.8 Å². The number of ether oxygens (including phenoxy) is 1. The molecule has 37 heavy (non-hydrogen) atoms. The molecule has 0 unspecified atom stereocenters. The SMILES string of the molecule is C=C(NC(=O)c1cn(-c2cc(-c3ccccn3)c3nc(NC(=O)OCC)[nH]c3c2)cn1)c1ccccc1. The van der Waals surface area contributed by atoms with E-state index < -0.39 is 6.09 Å². The van der Waals surface area contributed by atoms with Crippen molar-refractivity contribution in [2.45, 2.75) is 6.92 Å². The summed E-state index contributed by atoms with van der Waals surface area (Å²) in [5.74, 6) is -0.131. The molecule has 0 aliphatic heterocycles. The first-order valence-corrected chi connectivity index (χ1v) is 11.5. The topological polar surface area (TPSA) is 127 Å². The number of H-pyrrole nitrogens is 1. The van der Waals surface area contributed by atoms with E-state index >= 15 is 0 Å². The zero-order valence-corrected chi connectivity index (χ0v) is 19.9. The molecule has 0 atom stereocenters. The van der Waals surface area contributed by atoms with Gasteiger partial charge < -0.3 is 19.6 Å². The van der Waals surface area contributed by atoms with Crippen LogP contribution >= 0.6 is 0 Å². The normalized spacial score (nSPS) is 10.7. The van der Waals surface area contributed by atoms with Crippen LogP contribution in [-0.2, 0) is 4.74 Å². The minimum Gasteiger partial charge on any atom is -0.450 e. The first-order chi connectivity index (χ1) is 18.0. The molecule has 3 N–H and O–H groups in total. The Morgan fingerprint density at radius 2 is 1.89 bits per heavy atom. The third kappa shape index (κ3) is 5.08. The average Bonchev–Trinajstić information content (AvgIpc) is 3.56. The summed E-state index contributed by atoms with van der Waals surface area (Å²) in [7, 11) is 0. The first kappa shape index (κ1) is 23.5. The van der Waals surface area contributed by atoms with Gasteiger partial charge in [0.2, 0.25) is 5.95 Å². The third-order valence-corrected chi connectivity index (χ3v) is 5.51. The highest BCUT2D eigenvalue weighted by atomic mass is 16.5. The second-order valence-electron chi connectivity index (χ2n) is 8.00. The van der Waals surface area contributed by atoms with E-state index in [1.54, 1.807) is 30.2 Å². The van der Waals surface area contributed by atoms with E-state index in [4.69, 9.17) is 4.74 Å². The van der Waals surface area contributed by atoms with Gasteiger partial charge in [-0.15, -0.1) is 0 Å². The highest BCUT2D eigenvalue weighted by Gasteiger charge is 2.17. The van der Waals surface area contributed by atoms with E-state index in [-0.39, 0.29) is 24.2 Å². The molecule has 0 bridgehead atoms. The van der Waals surface area contributed by atoms with E-state index in [2.05, 4.69) is 37.1 Å². The largest absolute Gasteiger partial charge is 0.450 e. The number of fused-ring (bicyclic) bond motifs is 1. The standard InChI is InChI=1S/C27H23N7O3/c1-3-37-27(36)33-26-31-22-14-19(13-20(24(22)32-26)21-11-7-8-12-28-21)34-15-23(29-16-34)25(35)30-17(2)18-9-5-4-6-10-18/h4-16H,2-3H2,1H3,(H,30,35)(H2,31,32,33,36). The van der Waals surface area contributed by atoms with Gasteiger partial charge in [-0.2, -0.15) is 0 Å². The lowest BCUT2D eigenvalue weighted by Crippen LogP contribution is -2.21. The van der Waals surface area contributed by atoms with Crippen molar-refractivity contribution in [2.75, 3.05) is 11.9 Å². The molecule has 0 radical (unpaired) electrons. The summed E-state index contributed by atoms with van der Waals surface area (Å²) < 4.78 is 6.68. The summed E-state index contributed by atoms with van der Waals surface area (Å²) in [6.45, 7) is 5.91. The van der Waals surface area contributed by atoms with Crippen molar-refractivity contribution in [1.29, 1.82) is 0 Å². The number of pyridine rings is 1. The van der Waals surface area contributed by atoms with Crippen LogP contribution in [0, 0.1) is 0 Å². The number of nitrogens with one attached hydrogen (secondary N) is 3. The third-order valence-electron chi connectivity index (χ3n) is 5.51. The summed E-state index contributed by atoms with van der Waals surface area (Å²) in [6, 6.07) is 18.7. The van der Waals surface area contributed by atoms with Crippen LogP contribution in [0.15, 0.2) is 86.0 Å². The van der Waals surface area contributed by atoms with Crippen molar-refractivity contribution in [2.24, 2.45) is 0 Å². The number of imidazole rings is 2. The quantitative estimate of drug-likeness (QED) is 0.299. The summed E-state index contributed by atoms with van der Waals surface area (Å²) in [4.78, 5) is 41.1. The number of hydrogen-bond donors (Lipinski definition) is 3. The van der Waals surface area contributed by atoms with Crippen molar-refractivity contribution in [1.82, 2.24) is 29.8 Å². The molecule has 0 spiro atoms. The summed E-state index contributed by atoms with van der Waals surface area (Å²) in [5, 5.41) is 5.38. The second-order valence-corrected chi connectivity index (χ2v) is 8.00. The molecule has 0 aliphatic rings. The Kier molecular flexibility index (Phi) is 6.45. The van der Waals surface area contributed by atoms with Crippen LogP contribution in [0.1, 0.15) is 23.0 Å². The van der Waals surface area contributed by atoms with Crippen LogP contribution in [0.2, 0.25) is 0 Å². The Balaban J connectivity index is 1.48. The highest BCUT2D eigenvalue weighted by molar-refractivity contribution is 5.98. The van der Waals surface area contributed by atoms with Gasteiger partial charge in [-0.1, -0.05) is 43.0 Å². The van der Waals surface area contributed by atoms with Crippen LogP contribution in [0.3, 0.4) is 0 Å². The molecule has 0 aliphatic carbocycles. The Morgan fingerprint density at radius 3 is 2.65 bits per heavy atom. The zero-order chi connectivity index (χ0) is 25.8. The molecule has 0 fully saturated rings. The second kappa shape index (κ2) is 10.2. The van der Waals surface area contributed by atoms with Gasteiger partial charge in [-0.05, 0) is 36.8 Å². The maximum atomic E-state index is 12.8. The maximum absolute atomic E-state index is 12.8. The lowest BCUT2D eigenvalue weighted by atomic mass is 10.1. The molecule has 5 aromatic rings. The van der Waals surface area contributed by atoms with E-state index in [9.17, 15) is 9.59 Å². The number of nitrogens with zero attached hydrogens (tertiary/aromatic N) is 4.